The summed E-state index contributed by atoms with van der Waals surface area (Å²) in [5.41, 5.74) is 2.46. The van der Waals surface area contributed by atoms with E-state index in [4.69, 9.17) is 4.74 Å². The number of ether oxygens (including phenoxy) is 1. The Labute approximate surface area is 139 Å². The van der Waals surface area contributed by atoms with E-state index >= 15 is 0 Å². The number of anilines is 1. The van der Waals surface area contributed by atoms with Crippen LogP contribution in [0.5, 0.6) is 0 Å². The van der Waals surface area contributed by atoms with E-state index in [9.17, 15) is 9.59 Å². The van der Waals surface area contributed by atoms with Crippen LogP contribution in [-0.4, -0.2) is 29.9 Å². The first-order valence-electron chi connectivity index (χ1n) is 7.70. The second kappa shape index (κ2) is 6.58. The number of fused-ring (bicyclic) bond motifs is 1. The zero-order valence-corrected chi connectivity index (χ0v) is 13.5. The molecule has 0 amide bonds. The lowest BCUT2D eigenvalue weighted by Gasteiger charge is -2.14. The van der Waals surface area contributed by atoms with Gasteiger partial charge in [-0.2, -0.15) is 0 Å². The van der Waals surface area contributed by atoms with Crippen LogP contribution in [0.15, 0.2) is 54.7 Å². The van der Waals surface area contributed by atoms with Crippen molar-refractivity contribution in [3.63, 3.8) is 0 Å². The summed E-state index contributed by atoms with van der Waals surface area (Å²) in [5, 5.41) is 3.76. The first-order chi connectivity index (χ1) is 11.6. The number of carbonyl (C=O) groups excluding carboxylic acids is 2. The van der Waals surface area contributed by atoms with Crippen LogP contribution in [0.2, 0.25) is 0 Å². The third-order valence-electron chi connectivity index (χ3n) is 3.92. The molecule has 3 aromatic rings. The smallest absolute Gasteiger partial charge is 0.340 e. The highest BCUT2D eigenvalue weighted by molar-refractivity contribution is 6.10. The lowest BCUT2D eigenvalue weighted by atomic mass is 10.1. The minimum atomic E-state index is -0.874. The molecule has 1 aromatic heterocycles. The molecule has 5 heteroatoms. The van der Waals surface area contributed by atoms with Crippen molar-refractivity contribution in [1.82, 2.24) is 4.98 Å². The number of aromatic nitrogens is 1. The van der Waals surface area contributed by atoms with Gasteiger partial charge in [0.15, 0.2) is 6.10 Å². The molecule has 122 valence electrons. The molecule has 0 aliphatic heterocycles. The molecule has 5 nitrogen and oxygen atoms in total. The standard InChI is InChI=1S/C19H18N2O3/c1-12(24-19(23)14-8-4-5-9-16(14)20-2)18(22)15-11-21-17-10-6-3-7-13(15)17/h3-12,20-21H,1-2H3. The molecule has 0 saturated heterocycles. The van der Waals surface area contributed by atoms with E-state index in [0.29, 0.717) is 16.8 Å². The summed E-state index contributed by atoms with van der Waals surface area (Å²) in [4.78, 5) is 28.0. The minimum Gasteiger partial charge on any atom is -0.451 e. The van der Waals surface area contributed by atoms with Crippen molar-refractivity contribution in [2.75, 3.05) is 12.4 Å². The third-order valence-corrected chi connectivity index (χ3v) is 3.92. The molecule has 0 radical (unpaired) electrons. The number of benzene rings is 2. The normalized spacial score (nSPS) is 11.9. The molecule has 2 N–H and O–H groups in total. The van der Waals surface area contributed by atoms with Gasteiger partial charge in [-0.3, -0.25) is 4.79 Å². The fraction of sp³-hybridized carbons (Fsp3) is 0.158. The predicted octanol–water partition coefficient (Wildman–Crippen LogP) is 3.64. The maximum atomic E-state index is 12.6. The highest BCUT2D eigenvalue weighted by Gasteiger charge is 2.23. The zero-order valence-electron chi connectivity index (χ0n) is 13.5. The molecule has 1 unspecified atom stereocenters. The Hall–Kier alpha value is -3.08. The van der Waals surface area contributed by atoms with E-state index < -0.39 is 12.1 Å². The Morgan fingerprint density at radius 2 is 1.75 bits per heavy atom. The maximum absolute atomic E-state index is 12.6. The van der Waals surface area contributed by atoms with Crippen molar-refractivity contribution < 1.29 is 14.3 Å². The van der Waals surface area contributed by atoms with Crippen LogP contribution in [0.25, 0.3) is 10.9 Å². The van der Waals surface area contributed by atoms with Crippen LogP contribution in [-0.2, 0) is 4.74 Å². The number of ketones is 1. The number of hydrogen-bond acceptors (Lipinski definition) is 4. The molecule has 2 aromatic carbocycles. The van der Waals surface area contributed by atoms with Crippen molar-refractivity contribution in [3.05, 3.63) is 65.9 Å². The number of rotatable bonds is 5. The molecule has 0 aliphatic rings. The maximum Gasteiger partial charge on any atom is 0.340 e. The predicted molar refractivity (Wildman–Crippen MR) is 93.5 cm³/mol. The SMILES string of the molecule is CNc1ccccc1C(=O)OC(C)C(=O)c1c[nH]c2ccccc12. The van der Waals surface area contributed by atoms with E-state index in [-0.39, 0.29) is 5.78 Å². The van der Waals surface area contributed by atoms with Gasteiger partial charge in [-0.25, -0.2) is 4.79 Å². The largest absolute Gasteiger partial charge is 0.451 e. The quantitative estimate of drug-likeness (QED) is 0.556. The summed E-state index contributed by atoms with van der Waals surface area (Å²) in [6, 6.07) is 14.5. The van der Waals surface area contributed by atoms with Crippen molar-refractivity contribution >= 4 is 28.3 Å². The number of H-pyrrole nitrogens is 1. The summed E-state index contributed by atoms with van der Waals surface area (Å²) >= 11 is 0. The van der Waals surface area contributed by atoms with E-state index in [2.05, 4.69) is 10.3 Å². The molecule has 0 fully saturated rings. The van der Waals surface area contributed by atoms with Crippen molar-refractivity contribution in [2.24, 2.45) is 0 Å². The molecular weight excluding hydrogens is 304 g/mol. The van der Waals surface area contributed by atoms with Gasteiger partial charge in [0.05, 0.1) is 5.56 Å². The molecule has 0 aliphatic carbocycles. The van der Waals surface area contributed by atoms with Gasteiger partial charge in [0.2, 0.25) is 5.78 Å². The number of hydrogen-bond donors (Lipinski definition) is 2. The second-order valence-electron chi connectivity index (χ2n) is 5.46. The van der Waals surface area contributed by atoms with Gasteiger partial charge in [0, 0.05) is 35.4 Å². The van der Waals surface area contributed by atoms with Gasteiger partial charge in [0.25, 0.3) is 0 Å². The van der Waals surface area contributed by atoms with E-state index in [0.717, 1.165) is 10.9 Å². The van der Waals surface area contributed by atoms with Gasteiger partial charge >= 0.3 is 5.97 Å². The number of esters is 1. The molecule has 0 saturated carbocycles. The van der Waals surface area contributed by atoms with Crippen LogP contribution in [0, 0.1) is 0 Å². The van der Waals surface area contributed by atoms with Gasteiger partial charge in [0.1, 0.15) is 0 Å². The summed E-state index contributed by atoms with van der Waals surface area (Å²) in [5.74, 6) is -0.761. The molecule has 3 rings (SSSR count). The lowest BCUT2D eigenvalue weighted by molar-refractivity contribution is 0.0320. The second-order valence-corrected chi connectivity index (χ2v) is 5.46. The van der Waals surface area contributed by atoms with Crippen molar-refractivity contribution in [3.8, 4) is 0 Å². The third kappa shape index (κ3) is 2.88. The lowest BCUT2D eigenvalue weighted by Crippen LogP contribution is -2.24. The first kappa shape index (κ1) is 15.8. The number of carbonyl (C=O) groups is 2. The molecule has 0 bridgehead atoms. The van der Waals surface area contributed by atoms with Crippen molar-refractivity contribution in [2.45, 2.75) is 13.0 Å². The number of para-hydroxylation sites is 2. The Balaban J connectivity index is 1.80. The van der Waals surface area contributed by atoms with Crippen LogP contribution >= 0.6 is 0 Å². The average Bonchev–Trinajstić information content (AvgIpc) is 3.04. The Morgan fingerprint density at radius 3 is 2.54 bits per heavy atom. The number of aromatic amines is 1. The highest BCUT2D eigenvalue weighted by atomic mass is 16.5. The zero-order chi connectivity index (χ0) is 17.1. The van der Waals surface area contributed by atoms with Crippen LogP contribution in [0.1, 0.15) is 27.6 Å². The average molecular weight is 322 g/mol. The topological polar surface area (TPSA) is 71.2 Å². The minimum absolute atomic E-state index is 0.234. The van der Waals surface area contributed by atoms with Gasteiger partial charge < -0.3 is 15.0 Å². The van der Waals surface area contributed by atoms with E-state index in [1.165, 1.54) is 0 Å². The van der Waals surface area contributed by atoms with Crippen LogP contribution in [0.3, 0.4) is 0 Å². The fourth-order valence-electron chi connectivity index (χ4n) is 2.65. The summed E-state index contributed by atoms with van der Waals surface area (Å²) in [6.45, 7) is 1.59. The molecule has 24 heavy (non-hydrogen) atoms. The van der Waals surface area contributed by atoms with E-state index in [1.807, 2.05) is 30.3 Å². The fourth-order valence-corrected chi connectivity index (χ4v) is 2.65. The van der Waals surface area contributed by atoms with Gasteiger partial charge in [-0.1, -0.05) is 30.3 Å². The highest BCUT2D eigenvalue weighted by Crippen LogP contribution is 2.21. The molecule has 0 spiro atoms. The van der Waals surface area contributed by atoms with Gasteiger partial charge in [-0.15, -0.1) is 0 Å². The van der Waals surface area contributed by atoms with Crippen LogP contribution in [0.4, 0.5) is 5.69 Å². The Kier molecular flexibility index (Phi) is 4.33. The molecule has 1 heterocycles. The van der Waals surface area contributed by atoms with E-state index in [1.54, 1.807) is 38.4 Å². The molecular formula is C19H18N2O3. The summed E-state index contributed by atoms with van der Waals surface area (Å²) < 4.78 is 5.37. The first-order valence-corrected chi connectivity index (χ1v) is 7.70. The summed E-state index contributed by atoms with van der Waals surface area (Å²) in [7, 11) is 1.73. The Bertz CT molecular complexity index is 898. The van der Waals surface area contributed by atoms with Crippen molar-refractivity contribution in [1.29, 1.82) is 0 Å². The van der Waals surface area contributed by atoms with Crippen LogP contribution < -0.4 is 5.32 Å². The number of nitrogens with one attached hydrogen (secondary N) is 2. The number of Topliss-reactive ketones (excluding diaryl/α,β-unsaturated/α-hetero) is 1. The Morgan fingerprint density at radius 1 is 1.04 bits per heavy atom. The van der Waals surface area contributed by atoms with Gasteiger partial charge in [-0.05, 0) is 25.1 Å². The summed E-state index contributed by atoms with van der Waals surface area (Å²) in [6.07, 6.45) is 0.778. The monoisotopic (exact) mass is 322 g/mol. The molecule has 1 atom stereocenters.